The summed E-state index contributed by atoms with van der Waals surface area (Å²) in [7, 11) is 0. The van der Waals surface area contributed by atoms with Gasteiger partial charge in [0.2, 0.25) is 0 Å². The fourth-order valence-corrected chi connectivity index (χ4v) is 2.71. The monoisotopic (exact) mass is 311 g/mol. The lowest BCUT2D eigenvalue weighted by Gasteiger charge is -2.21. The average Bonchev–Trinajstić information content (AvgIpc) is 2.40. The van der Waals surface area contributed by atoms with Gasteiger partial charge in [0.1, 0.15) is 5.82 Å². The number of rotatable bonds is 4. The number of benzene rings is 2. The van der Waals surface area contributed by atoms with Crippen molar-refractivity contribution in [2.45, 2.75) is 26.3 Å². The molecule has 0 spiro atoms. The summed E-state index contributed by atoms with van der Waals surface area (Å²) in [5, 5.41) is 4.42. The zero-order valence-corrected chi connectivity index (χ0v) is 12.9. The Bertz CT molecular complexity index is 593. The van der Waals surface area contributed by atoms with E-state index in [-0.39, 0.29) is 11.9 Å². The molecule has 0 aromatic heterocycles. The van der Waals surface area contributed by atoms with Gasteiger partial charge in [0.15, 0.2) is 0 Å². The minimum atomic E-state index is -0.256. The van der Waals surface area contributed by atoms with Crippen molar-refractivity contribution in [1.82, 2.24) is 0 Å². The molecule has 0 bridgehead atoms. The van der Waals surface area contributed by atoms with E-state index in [0.29, 0.717) is 15.7 Å². The van der Waals surface area contributed by atoms with Gasteiger partial charge in [0.05, 0.1) is 11.7 Å². The Morgan fingerprint density at radius 2 is 1.95 bits per heavy atom. The van der Waals surface area contributed by atoms with Crippen LogP contribution in [0.25, 0.3) is 0 Å². The maximum atomic E-state index is 13.9. The van der Waals surface area contributed by atoms with Gasteiger partial charge >= 0.3 is 0 Å². The SMILES string of the molecule is CCC(Nc1c(C)cccc1F)c1ccc(Cl)cc1Cl. The molecule has 0 heterocycles. The molecule has 1 nitrogen and oxygen atoms in total. The molecule has 0 aliphatic heterocycles. The summed E-state index contributed by atoms with van der Waals surface area (Å²) in [6.45, 7) is 3.90. The largest absolute Gasteiger partial charge is 0.376 e. The van der Waals surface area contributed by atoms with Gasteiger partial charge in [-0.2, -0.15) is 0 Å². The maximum absolute atomic E-state index is 13.9. The zero-order valence-electron chi connectivity index (χ0n) is 11.4. The van der Waals surface area contributed by atoms with Crippen LogP contribution in [0.2, 0.25) is 10.0 Å². The van der Waals surface area contributed by atoms with Gasteiger partial charge in [-0.15, -0.1) is 0 Å². The molecule has 4 heteroatoms. The van der Waals surface area contributed by atoms with Crippen LogP contribution in [0.5, 0.6) is 0 Å². The normalized spacial score (nSPS) is 12.2. The van der Waals surface area contributed by atoms with E-state index in [1.807, 2.05) is 26.0 Å². The second-order valence-electron chi connectivity index (χ2n) is 4.70. The molecule has 2 aromatic carbocycles. The Morgan fingerprint density at radius 3 is 2.55 bits per heavy atom. The Morgan fingerprint density at radius 1 is 1.20 bits per heavy atom. The predicted octanol–water partition coefficient (Wildman–Crippen LogP) is 6.00. The lowest BCUT2D eigenvalue weighted by molar-refractivity contribution is 0.622. The van der Waals surface area contributed by atoms with Crippen molar-refractivity contribution in [3.63, 3.8) is 0 Å². The summed E-state index contributed by atoms with van der Waals surface area (Å²) < 4.78 is 13.9. The van der Waals surface area contributed by atoms with Crippen LogP contribution in [0, 0.1) is 12.7 Å². The van der Waals surface area contributed by atoms with Crippen molar-refractivity contribution in [2.24, 2.45) is 0 Å². The third-order valence-electron chi connectivity index (χ3n) is 3.29. The first-order chi connectivity index (χ1) is 9.52. The lowest BCUT2D eigenvalue weighted by Crippen LogP contribution is -2.12. The maximum Gasteiger partial charge on any atom is 0.146 e. The van der Waals surface area contributed by atoms with Gasteiger partial charge in [-0.05, 0) is 42.7 Å². The molecule has 1 N–H and O–H groups in total. The molecule has 0 saturated carbocycles. The van der Waals surface area contributed by atoms with E-state index in [2.05, 4.69) is 5.32 Å². The van der Waals surface area contributed by atoms with Gasteiger partial charge in [0, 0.05) is 10.0 Å². The Kier molecular flexibility index (Phi) is 4.90. The first-order valence-corrected chi connectivity index (χ1v) is 7.25. The second-order valence-corrected chi connectivity index (χ2v) is 5.55. The Hall–Kier alpha value is -1.25. The molecule has 0 radical (unpaired) electrons. The molecular weight excluding hydrogens is 296 g/mol. The molecule has 0 amide bonds. The summed E-state index contributed by atoms with van der Waals surface area (Å²) in [5.74, 6) is -0.256. The molecule has 0 saturated heterocycles. The van der Waals surface area contributed by atoms with Crippen molar-refractivity contribution in [3.05, 3.63) is 63.4 Å². The van der Waals surface area contributed by atoms with Crippen LogP contribution < -0.4 is 5.32 Å². The van der Waals surface area contributed by atoms with E-state index in [9.17, 15) is 4.39 Å². The van der Waals surface area contributed by atoms with Crippen LogP contribution in [0.1, 0.15) is 30.5 Å². The van der Waals surface area contributed by atoms with E-state index >= 15 is 0 Å². The van der Waals surface area contributed by atoms with E-state index in [1.54, 1.807) is 18.2 Å². The van der Waals surface area contributed by atoms with Gasteiger partial charge in [-0.3, -0.25) is 0 Å². The molecule has 0 aliphatic carbocycles. The molecule has 2 aromatic rings. The molecule has 1 unspecified atom stereocenters. The van der Waals surface area contributed by atoms with Gasteiger partial charge in [-0.25, -0.2) is 4.39 Å². The number of para-hydroxylation sites is 1. The molecule has 106 valence electrons. The van der Waals surface area contributed by atoms with Crippen LogP contribution in [0.3, 0.4) is 0 Å². The van der Waals surface area contributed by atoms with Crippen LogP contribution in [-0.4, -0.2) is 0 Å². The lowest BCUT2D eigenvalue weighted by atomic mass is 10.0. The van der Waals surface area contributed by atoms with Crippen LogP contribution in [0.15, 0.2) is 36.4 Å². The van der Waals surface area contributed by atoms with Gasteiger partial charge in [0.25, 0.3) is 0 Å². The highest BCUT2D eigenvalue weighted by atomic mass is 35.5. The van der Waals surface area contributed by atoms with Crippen molar-refractivity contribution >= 4 is 28.9 Å². The second kappa shape index (κ2) is 6.47. The number of anilines is 1. The minimum Gasteiger partial charge on any atom is -0.376 e. The van der Waals surface area contributed by atoms with E-state index in [1.165, 1.54) is 6.07 Å². The fourth-order valence-electron chi connectivity index (χ4n) is 2.17. The third kappa shape index (κ3) is 3.25. The highest BCUT2D eigenvalue weighted by molar-refractivity contribution is 6.35. The summed E-state index contributed by atoms with van der Waals surface area (Å²) in [6, 6.07) is 10.3. The number of aryl methyl sites for hydroxylation is 1. The summed E-state index contributed by atoms with van der Waals surface area (Å²) in [4.78, 5) is 0. The van der Waals surface area contributed by atoms with Crippen LogP contribution in [-0.2, 0) is 0 Å². The highest BCUT2D eigenvalue weighted by Gasteiger charge is 2.16. The molecule has 2 rings (SSSR count). The molecule has 0 fully saturated rings. The standard InChI is InChI=1S/C16H16Cl2FN/c1-3-15(12-8-7-11(17)9-13(12)18)20-16-10(2)5-4-6-14(16)19/h4-9,15,20H,3H2,1-2H3. The number of hydrogen-bond acceptors (Lipinski definition) is 1. The zero-order chi connectivity index (χ0) is 14.7. The molecule has 1 atom stereocenters. The first-order valence-electron chi connectivity index (χ1n) is 6.49. The van der Waals surface area contributed by atoms with Crippen molar-refractivity contribution < 1.29 is 4.39 Å². The number of hydrogen-bond donors (Lipinski definition) is 1. The van der Waals surface area contributed by atoms with Crippen molar-refractivity contribution in [3.8, 4) is 0 Å². The average molecular weight is 312 g/mol. The Labute approximate surface area is 128 Å². The quantitative estimate of drug-likeness (QED) is 0.729. The highest BCUT2D eigenvalue weighted by Crippen LogP contribution is 2.32. The first kappa shape index (κ1) is 15.1. The third-order valence-corrected chi connectivity index (χ3v) is 3.85. The fraction of sp³-hybridized carbons (Fsp3) is 0.250. The van der Waals surface area contributed by atoms with Crippen molar-refractivity contribution in [1.29, 1.82) is 0 Å². The van der Waals surface area contributed by atoms with E-state index < -0.39 is 0 Å². The molecular formula is C16H16Cl2FN. The van der Waals surface area contributed by atoms with E-state index in [0.717, 1.165) is 17.5 Å². The van der Waals surface area contributed by atoms with E-state index in [4.69, 9.17) is 23.2 Å². The minimum absolute atomic E-state index is 0.0598. The van der Waals surface area contributed by atoms with Crippen LogP contribution >= 0.6 is 23.2 Å². The Balaban J connectivity index is 2.34. The molecule has 20 heavy (non-hydrogen) atoms. The van der Waals surface area contributed by atoms with Crippen molar-refractivity contribution in [2.75, 3.05) is 5.32 Å². The number of nitrogens with one attached hydrogen (secondary N) is 1. The van der Waals surface area contributed by atoms with Gasteiger partial charge < -0.3 is 5.32 Å². The van der Waals surface area contributed by atoms with Crippen LogP contribution in [0.4, 0.5) is 10.1 Å². The summed E-state index contributed by atoms with van der Waals surface area (Å²) in [5.41, 5.74) is 2.31. The summed E-state index contributed by atoms with van der Waals surface area (Å²) in [6.07, 6.45) is 0.787. The summed E-state index contributed by atoms with van der Waals surface area (Å²) >= 11 is 12.1. The topological polar surface area (TPSA) is 12.0 Å². The number of halogens is 3. The molecule has 0 aliphatic rings. The predicted molar refractivity (Wildman–Crippen MR) is 84.3 cm³/mol. The van der Waals surface area contributed by atoms with Gasteiger partial charge in [-0.1, -0.05) is 48.3 Å². The smallest absolute Gasteiger partial charge is 0.146 e.